The lowest BCUT2D eigenvalue weighted by Gasteiger charge is -2.11. The maximum absolute atomic E-state index is 12.0. The summed E-state index contributed by atoms with van der Waals surface area (Å²) in [5, 5.41) is 23.6. The number of aromatic nitrogens is 3. The number of phenolic OH excluding ortho intramolecular Hbond substituents is 2. The van der Waals surface area contributed by atoms with Gasteiger partial charge in [-0.05, 0) is 42.5 Å². The highest BCUT2D eigenvalue weighted by Crippen LogP contribution is 2.34. The summed E-state index contributed by atoms with van der Waals surface area (Å²) in [6, 6.07) is 17.6. The molecule has 0 fully saturated rings. The summed E-state index contributed by atoms with van der Waals surface area (Å²) in [7, 11) is 1.29. The van der Waals surface area contributed by atoms with Crippen molar-refractivity contribution < 1.29 is 24.5 Å². The molecule has 3 aromatic carbocycles. The van der Waals surface area contributed by atoms with Crippen LogP contribution in [0.3, 0.4) is 0 Å². The average Bonchev–Trinajstić information content (AvgIpc) is 2.84. The van der Waals surface area contributed by atoms with Crippen molar-refractivity contribution >= 4 is 17.6 Å². The number of nitrogens with zero attached hydrogens (tertiary/aromatic N) is 3. The van der Waals surface area contributed by atoms with Crippen LogP contribution in [-0.4, -0.2) is 44.2 Å². The first-order chi connectivity index (χ1) is 16.4. The Morgan fingerprint density at radius 2 is 1.47 bits per heavy atom. The molecule has 1 heterocycles. The first-order valence-electron chi connectivity index (χ1n) is 10.2. The topological polar surface area (TPSA) is 135 Å². The summed E-state index contributed by atoms with van der Waals surface area (Å²) >= 11 is 0. The molecule has 170 valence electrons. The highest BCUT2D eigenvalue weighted by Gasteiger charge is 2.18. The lowest BCUT2D eigenvalue weighted by atomic mass is 10.1. The predicted octanol–water partition coefficient (Wildman–Crippen LogP) is 4.03. The van der Waals surface area contributed by atoms with Gasteiger partial charge in [-0.15, -0.1) is 0 Å². The molecule has 0 saturated carbocycles. The van der Waals surface area contributed by atoms with Crippen molar-refractivity contribution in [1.29, 1.82) is 0 Å². The molecule has 0 radical (unpaired) electrons. The summed E-state index contributed by atoms with van der Waals surface area (Å²) in [5.74, 6) is -0.469. The second kappa shape index (κ2) is 9.37. The molecule has 0 saturated heterocycles. The van der Waals surface area contributed by atoms with Gasteiger partial charge < -0.3 is 20.3 Å². The Morgan fingerprint density at radius 3 is 2.18 bits per heavy atom. The largest absolute Gasteiger partial charge is 0.507 e. The minimum atomic E-state index is -0.516. The average molecular weight is 456 g/mol. The molecule has 9 nitrogen and oxygen atoms in total. The van der Waals surface area contributed by atoms with Crippen molar-refractivity contribution in [3.05, 3.63) is 72.3 Å². The SMILES string of the molecule is COC(=O)c1cccc(-c2nc(-c3ccccc3O)nc(-c3cc(NC(C)=O)ccc3O)n2)c1. The van der Waals surface area contributed by atoms with Crippen LogP contribution in [0, 0.1) is 0 Å². The Kier molecular flexibility index (Phi) is 6.18. The van der Waals surface area contributed by atoms with Crippen LogP contribution in [0.5, 0.6) is 11.5 Å². The molecule has 3 N–H and O–H groups in total. The molecule has 34 heavy (non-hydrogen) atoms. The number of carbonyl (C=O) groups is 2. The Morgan fingerprint density at radius 1 is 0.794 bits per heavy atom. The number of phenols is 2. The molecule has 4 aromatic rings. The van der Waals surface area contributed by atoms with E-state index in [0.29, 0.717) is 22.4 Å². The van der Waals surface area contributed by atoms with Crippen molar-refractivity contribution in [2.24, 2.45) is 0 Å². The number of carbonyl (C=O) groups excluding carboxylic acids is 2. The number of esters is 1. The van der Waals surface area contributed by atoms with Gasteiger partial charge in [0.25, 0.3) is 0 Å². The molecule has 4 rings (SSSR count). The van der Waals surface area contributed by atoms with Crippen LogP contribution in [0.2, 0.25) is 0 Å². The lowest BCUT2D eigenvalue weighted by Crippen LogP contribution is -2.06. The fourth-order valence-corrected chi connectivity index (χ4v) is 3.31. The van der Waals surface area contributed by atoms with E-state index in [1.54, 1.807) is 48.5 Å². The molecule has 0 aliphatic rings. The van der Waals surface area contributed by atoms with Crippen molar-refractivity contribution in [1.82, 2.24) is 15.0 Å². The third-order valence-electron chi connectivity index (χ3n) is 4.88. The number of aromatic hydroxyl groups is 2. The molecule has 0 aliphatic heterocycles. The molecule has 9 heteroatoms. The van der Waals surface area contributed by atoms with E-state index in [1.165, 1.54) is 32.2 Å². The Balaban J connectivity index is 1.94. The van der Waals surface area contributed by atoms with Crippen LogP contribution in [-0.2, 0) is 9.53 Å². The standard InChI is InChI=1S/C25H20N4O5/c1-14(30)26-17-10-11-21(32)19(13-17)24-28-22(15-6-5-7-16(12-15)25(33)34-2)27-23(29-24)18-8-3-4-9-20(18)31/h3-13,31-32H,1-2H3,(H,26,30). The van der Waals surface area contributed by atoms with E-state index in [4.69, 9.17) is 4.74 Å². The first kappa shape index (κ1) is 22.4. The number of amides is 1. The van der Waals surface area contributed by atoms with Crippen molar-refractivity contribution in [2.75, 3.05) is 12.4 Å². The number of nitrogens with one attached hydrogen (secondary N) is 1. The maximum Gasteiger partial charge on any atom is 0.337 e. The van der Waals surface area contributed by atoms with Gasteiger partial charge in [-0.25, -0.2) is 19.7 Å². The van der Waals surface area contributed by atoms with Gasteiger partial charge in [0.05, 0.1) is 23.8 Å². The number of methoxy groups -OCH3 is 1. The van der Waals surface area contributed by atoms with Gasteiger partial charge in [-0.2, -0.15) is 0 Å². The molecule has 0 bridgehead atoms. The number of hydrogen-bond donors (Lipinski definition) is 3. The highest BCUT2D eigenvalue weighted by atomic mass is 16.5. The maximum atomic E-state index is 12.0. The Bertz CT molecular complexity index is 1400. The number of ether oxygens (including phenoxy) is 1. The summed E-state index contributed by atoms with van der Waals surface area (Å²) in [6.45, 7) is 1.37. The molecular weight excluding hydrogens is 436 g/mol. The number of hydrogen-bond acceptors (Lipinski definition) is 8. The first-order valence-corrected chi connectivity index (χ1v) is 10.2. The molecule has 0 unspecified atom stereocenters. The molecule has 0 spiro atoms. The molecule has 0 atom stereocenters. The van der Waals surface area contributed by atoms with E-state index in [1.807, 2.05) is 0 Å². The van der Waals surface area contributed by atoms with Crippen LogP contribution < -0.4 is 5.32 Å². The van der Waals surface area contributed by atoms with E-state index < -0.39 is 5.97 Å². The molecule has 0 aliphatic carbocycles. The van der Waals surface area contributed by atoms with Gasteiger partial charge in [0, 0.05) is 18.2 Å². The number of anilines is 1. The van der Waals surface area contributed by atoms with Gasteiger partial charge in [-0.1, -0.05) is 24.3 Å². The van der Waals surface area contributed by atoms with Crippen LogP contribution in [0.1, 0.15) is 17.3 Å². The fourth-order valence-electron chi connectivity index (χ4n) is 3.31. The zero-order chi connectivity index (χ0) is 24.2. The summed E-state index contributed by atoms with van der Waals surface area (Å²) in [4.78, 5) is 37.0. The third kappa shape index (κ3) is 4.68. The number of benzene rings is 3. The fraction of sp³-hybridized carbons (Fsp3) is 0.0800. The van der Waals surface area contributed by atoms with Gasteiger partial charge in [-0.3, -0.25) is 4.79 Å². The minimum absolute atomic E-state index is 0.0369. The second-order valence-electron chi connectivity index (χ2n) is 7.31. The number of rotatable bonds is 5. The smallest absolute Gasteiger partial charge is 0.337 e. The summed E-state index contributed by atoms with van der Waals surface area (Å²) < 4.78 is 4.80. The van der Waals surface area contributed by atoms with E-state index in [2.05, 4.69) is 20.3 Å². The highest BCUT2D eigenvalue weighted by molar-refractivity contribution is 5.91. The quantitative estimate of drug-likeness (QED) is 0.303. The Labute approximate surface area is 194 Å². The molecule has 1 amide bonds. The predicted molar refractivity (Wildman–Crippen MR) is 125 cm³/mol. The van der Waals surface area contributed by atoms with Crippen molar-refractivity contribution in [3.63, 3.8) is 0 Å². The van der Waals surface area contributed by atoms with Gasteiger partial charge in [0.1, 0.15) is 11.5 Å². The molecular formula is C25H20N4O5. The van der Waals surface area contributed by atoms with E-state index in [9.17, 15) is 19.8 Å². The molecule has 1 aromatic heterocycles. The van der Waals surface area contributed by atoms with Gasteiger partial charge in [0.2, 0.25) is 5.91 Å². The zero-order valence-corrected chi connectivity index (χ0v) is 18.3. The van der Waals surface area contributed by atoms with Crippen LogP contribution >= 0.6 is 0 Å². The Hall–Kier alpha value is -4.79. The summed E-state index contributed by atoms with van der Waals surface area (Å²) in [6.07, 6.45) is 0. The van der Waals surface area contributed by atoms with Crippen LogP contribution in [0.15, 0.2) is 66.7 Å². The van der Waals surface area contributed by atoms with E-state index in [0.717, 1.165) is 0 Å². The lowest BCUT2D eigenvalue weighted by molar-refractivity contribution is -0.114. The van der Waals surface area contributed by atoms with Crippen molar-refractivity contribution in [3.8, 4) is 45.7 Å². The van der Waals surface area contributed by atoms with Crippen LogP contribution in [0.4, 0.5) is 5.69 Å². The van der Waals surface area contributed by atoms with Crippen molar-refractivity contribution in [2.45, 2.75) is 6.92 Å². The normalized spacial score (nSPS) is 10.5. The monoisotopic (exact) mass is 456 g/mol. The van der Waals surface area contributed by atoms with Gasteiger partial charge >= 0.3 is 5.97 Å². The van der Waals surface area contributed by atoms with E-state index >= 15 is 0 Å². The summed E-state index contributed by atoms with van der Waals surface area (Å²) in [5.41, 5.74) is 1.85. The minimum Gasteiger partial charge on any atom is -0.507 e. The number of para-hydroxylation sites is 1. The third-order valence-corrected chi connectivity index (χ3v) is 4.88. The van der Waals surface area contributed by atoms with E-state index in [-0.39, 0.29) is 40.4 Å². The second-order valence-corrected chi connectivity index (χ2v) is 7.31. The van der Waals surface area contributed by atoms with Crippen LogP contribution in [0.25, 0.3) is 34.2 Å². The zero-order valence-electron chi connectivity index (χ0n) is 18.3. The van der Waals surface area contributed by atoms with Gasteiger partial charge in [0.15, 0.2) is 17.5 Å².